The van der Waals surface area contributed by atoms with E-state index in [1.807, 2.05) is 65.6 Å². The number of esters is 1. The highest BCUT2D eigenvalue weighted by Gasteiger charge is 2.33. The number of amides is 1. The van der Waals surface area contributed by atoms with Crippen molar-refractivity contribution in [3.63, 3.8) is 0 Å². The van der Waals surface area contributed by atoms with Crippen molar-refractivity contribution < 1.29 is 22.7 Å². The van der Waals surface area contributed by atoms with Gasteiger partial charge < -0.3 is 14.5 Å². The maximum absolute atomic E-state index is 13.1. The Labute approximate surface area is 213 Å². The van der Waals surface area contributed by atoms with E-state index in [0.717, 1.165) is 21.7 Å². The number of ether oxygens (including phenoxy) is 1. The topological polar surface area (TPSA) is 96.4 Å². The summed E-state index contributed by atoms with van der Waals surface area (Å²) in [5, 5.41) is 0.384. The number of carbonyl (C=O) groups is 2. The molecule has 0 spiro atoms. The molecule has 0 aromatic heterocycles. The third kappa shape index (κ3) is 5.44. The van der Waals surface area contributed by atoms with E-state index in [0.29, 0.717) is 24.8 Å². The first kappa shape index (κ1) is 24.1. The summed E-state index contributed by atoms with van der Waals surface area (Å²) in [6, 6.07) is 24.3. The number of carbonyl (C=O) groups excluding carboxylic acids is 2. The van der Waals surface area contributed by atoms with Gasteiger partial charge in [-0.25, -0.2) is 13.2 Å². The van der Waals surface area contributed by atoms with Crippen LogP contribution in [0.4, 0.5) is 5.69 Å². The van der Waals surface area contributed by atoms with Crippen LogP contribution in [0, 0.1) is 0 Å². The Hall–Kier alpha value is -3.63. The van der Waals surface area contributed by atoms with E-state index in [2.05, 4.69) is 4.40 Å². The summed E-state index contributed by atoms with van der Waals surface area (Å²) in [5.41, 5.74) is 3.04. The Morgan fingerprint density at radius 3 is 2.22 bits per heavy atom. The normalized spacial score (nSPS) is 15.4. The van der Waals surface area contributed by atoms with E-state index in [4.69, 9.17) is 4.74 Å². The average molecular weight is 522 g/mol. The lowest BCUT2D eigenvalue weighted by Gasteiger charge is -2.23. The molecule has 0 bridgehead atoms. The molecule has 0 radical (unpaired) electrons. The maximum atomic E-state index is 13.1. The Morgan fingerprint density at radius 2 is 1.58 bits per heavy atom. The molecule has 0 saturated heterocycles. The minimum absolute atomic E-state index is 0.0507. The van der Waals surface area contributed by atoms with Gasteiger partial charge in [0.1, 0.15) is 0 Å². The fraction of sp³-hybridized carbons (Fsp3) is 0.192. The highest BCUT2D eigenvalue weighted by atomic mass is 32.2. The van der Waals surface area contributed by atoms with Crippen molar-refractivity contribution >= 4 is 44.5 Å². The summed E-state index contributed by atoms with van der Waals surface area (Å²) < 4.78 is 32.8. The third-order valence-corrected chi connectivity index (χ3v) is 8.13. The van der Waals surface area contributed by atoms with E-state index in [1.54, 1.807) is 23.1 Å². The molecule has 184 valence electrons. The van der Waals surface area contributed by atoms with Crippen molar-refractivity contribution in [2.45, 2.75) is 18.0 Å². The number of sulfonamides is 1. The fourth-order valence-electron chi connectivity index (χ4n) is 4.00. The number of amidine groups is 1. The van der Waals surface area contributed by atoms with Gasteiger partial charge in [-0.3, -0.25) is 4.79 Å². The van der Waals surface area contributed by atoms with E-state index >= 15 is 0 Å². The number of hydrogen-bond acceptors (Lipinski definition) is 7. The van der Waals surface area contributed by atoms with E-state index in [-0.39, 0.29) is 23.8 Å². The zero-order chi connectivity index (χ0) is 25.1. The third-order valence-electron chi connectivity index (χ3n) is 5.82. The van der Waals surface area contributed by atoms with Crippen LogP contribution in [0.1, 0.15) is 21.5 Å². The van der Waals surface area contributed by atoms with Crippen molar-refractivity contribution in [1.82, 2.24) is 4.90 Å². The fourth-order valence-corrected chi connectivity index (χ4v) is 6.30. The largest absolute Gasteiger partial charge is 0.452 e. The molecule has 10 heteroatoms. The summed E-state index contributed by atoms with van der Waals surface area (Å²) in [4.78, 5) is 30.0. The Balaban J connectivity index is 1.26. The average Bonchev–Trinajstić information content (AvgIpc) is 3.23. The SMILES string of the molecule is O=C(OCC(=O)N(Cc1ccccc1)Cc1ccccc1)c1ccc2c(c1)SC1=NS(=O)(=O)CCN12. The smallest absolute Gasteiger partial charge is 0.338 e. The standard InChI is InChI=1S/C26H23N3O5S2/c30-24(28(16-19-7-3-1-4-8-19)17-20-9-5-2-6-10-20)18-34-25(31)21-11-12-22-23(15-21)35-26-27-36(32,33)14-13-29(22)26/h1-12,15H,13-14,16-18H2. The summed E-state index contributed by atoms with van der Waals surface area (Å²) in [6.45, 7) is 0.711. The second-order valence-corrected chi connectivity index (χ2v) is 11.2. The molecule has 2 aliphatic heterocycles. The van der Waals surface area contributed by atoms with Gasteiger partial charge in [-0.05, 0) is 41.1 Å². The van der Waals surface area contributed by atoms with Crippen molar-refractivity contribution in [1.29, 1.82) is 0 Å². The minimum atomic E-state index is -3.46. The molecule has 0 fully saturated rings. The molecule has 36 heavy (non-hydrogen) atoms. The summed E-state index contributed by atoms with van der Waals surface area (Å²) >= 11 is 1.20. The first-order valence-corrected chi connectivity index (χ1v) is 13.8. The minimum Gasteiger partial charge on any atom is -0.452 e. The van der Waals surface area contributed by atoms with Gasteiger partial charge in [-0.1, -0.05) is 60.7 Å². The first-order valence-electron chi connectivity index (χ1n) is 11.3. The highest BCUT2D eigenvalue weighted by Crippen LogP contribution is 2.42. The van der Waals surface area contributed by atoms with Crippen molar-refractivity contribution in [3.05, 3.63) is 95.6 Å². The van der Waals surface area contributed by atoms with Gasteiger partial charge >= 0.3 is 5.97 Å². The van der Waals surface area contributed by atoms with Crippen LogP contribution in [-0.4, -0.2) is 49.3 Å². The molecule has 2 aliphatic rings. The van der Waals surface area contributed by atoms with Crippen LogP contribution in [-0.2, 0) is 32.6 Å². The number of thioether (sulfide) groups is 1. The number of nitrogens with zero attached hydrogens (tertiary/aromatic N) is 3. The van der Waals surface area contributed by atoms with Crippen LogP contribution in [0.5, 0.6) is 0 Å². The number of rotatable bonds is 7. The molecule has 0 N–H and O–H groups in total. The summed E-state index contributed by atoms with van der Waals surface area (Å²) in [6.07, 6.45) is 0. The second kappa shape index (κ2) is 10.2. The summed E-state index contributed by atoms with van der Waals surface area (Å²) in [7, 11) is -3.46. The monoisotopic (exact) mass is 521 g/mol. The van der Waals surface area contributed by atoms with Crippen LogP contribution >= 0.6 is 11.8 Å². The van der Waals surface area contributed by atoms with Gasteiger partial charge in [0.25, 0.3) is 15.9 Å². The Morgan fingerprint density at radius 1 is 0.944 bits per heavy atom. The molecule has 0 aliphatic carbocycles. The van der Waals surface area contributed by atoms with Crippen molar-refractivity contribution in [2.24, 2.45) is 4.40 Å². The molecule has 0 saturated carbocycles. The van der Waals surface area contributed by atoms with Crippen LogP contribution in [0.2, 0.25) is 0 Å². The number of benzene rings is 3. The molecule has 8 nitrogen and oxygen atoms in total. The van der Waals surface area contributed by atoms with Gasteiger partial charge in [-0.2, -0.15) is 0 Å². The number of fused-ring (bicyclic) bond motifs is 3. The Kier molecular flexibility index (Phi) is 6.80. The zero-order valence-electron chi connectivity index (χ0n) is 19.2. The van der Waals surface area contributed by atoms with E-state index in [9.17, 15) is 18.0 Å². The first-order chi connectivity index (χ1) is 17.4. The van der Waals surface area contributed by atoms with Gasteiger partial charge in [0, 0.05) is 24.5 Å². The van der Waals surface area contributed by atoms with Crippen molar-refractivity contribution in [3.8, 4) is 0 Å². The molecule has 2 heterocycles. The second-order valence-electron chi connectivity index (χ2n) is 8.39. The van der Waals surface area contributed by atoms with Crippen LogP contribution in [0.15, 0.2) is 88.2 Å². The quantitative estimate of drug-likeness (QED) is 0.438. The number of hydrogen-bond donors (Lipinski definition) is 0. The van der Waals surface area contributed by atoms with E-state index < -0.39 is 16.0 Å². The maximum Gasteiger partial charge on any atom is 0.338 e. The molecular formula is C26H23N3O5S2. The molecule has 0 unspecified atom stereocenters. The highest BCUT2D eigenvalue weighted by molar-refractivity contribution is 8.15. The van der Waals surface area contributed by atoms with Gasteiger partial charge in [0.15, 0.2) is 11.8 Å². The predicted octanol–water partition coefficient (Wildman–Crippen LogP) is 3.68. The molecule has 1 amide bonds. The van der Waals surface area contributed by atoms with Gasteiger partial charge in [0.2, 0.25) is 0 Å². The van der Waals surface area contributed by atoms with Crippen LogP contribution in [0.25, 0.3) is 0 Å². The molecular weight excluding hydrogens is 498 g/mol. The van der Waals surface area contributed by atoms with Crippen LogP contribution in [0.3, 0.4) is 0 Å². The Bertz CT molecular complexity index is 1380. The molecule has 3 aromatic carbocycles. The lowest BCUT2D eigenvalue weighted by molar-refractivity contribution is -0.135. The molecule has 5 rings (SSSR count). The van der Waals surface area contributed by atoms with Crippen LogP contribution < -0.4 is 4.90 Å². The molecule has 0 atom stereocenters. The predicted molar refractivity (Wildman–Crippen MR) is 138 cm³/mol. The van der Waals surface area contributed by atoms with Gasteiger partial charge in [0.05, 0.1) is 17.0 Å². The summed E-state index contributed by atoms with van der Waals surface area (Å²) in [5.74, 6) is -0.973. The van der Waals surface area contributed by atoms with E-state index in [1.165, 1.54) is 11.8 Å². The number of anilines is 1. The zero-order valence-corrected chi connectivity index (χ0v) is 20.9. The lowest BCUT2D eigenvalue weighted by Crippen LogP contribution is -2.35. The lowest BCUT2D eigenvalue weighted by atomic mass is 10.1. The van der Waals surface area contributed by atoms with Crippen molar-refractivity contribution in [2.75, 3.05) is 23.8 Å². The molecule has 3 aromatic rings. The van der Waals surface area contributed by atoms with Gasteiger partial charge in [-0.15, -0.1) is 4.40 Å².